The minimum Gasteiger partial charge on any atom is -0.497 e. The molecule has 3 aromatic carbocycles. The number of nitrogens with one attached hydrogen (secondary N) is 1. The molecule has 36 heavy (non-hydrogen) atoms. The van der Waals surface area contributed by atoms with E-state index in [-0.39, 0.29) is 5.91 Å². The number of para-hydroxylation sites is 1. The van der Waals surface area contributed by atoms with Crippen molar-refractivity contribution in [3.05, 3.63) is 107 Å². The SMILES string of the molecule is CCc1ccc(-n2ncc(-c3cc(C(=O)NCc4ccc(OC)cc4)c4ccccc4n3)c2C)cc1. The monoisotopic (exact) mass is 476 g/mol. The van der Waals surface area contributed by atoms with Gasteiger partial charge in [-0.2, -0.15) is 5.10 Å². The number of nitrogens with zero attached hydrogens (tertiary/aromatic N) is 3. The fraction of sp³-hybridized carbons (Fsp3) is 0.167. The van der Waals surface area contributed by atoms with Crippen LogP contribution in [-0.2, 0) is 13.0 Å². The van der Waals surface area contributed by atoms with Gasteiger partial charge in [-0.25, -0.2) is 9.67 Å². The van der Waals surface area contributed by atoms with Crippen molar-refractivity contribution in [2.24, 2.45) is 0 Å². The molecule has 0 aliphatic rings. The lowest BCUT2D eigenvalue weighted by atomic mass is 10.0. The molecule has 0 fully saturated rings. The molecule has 0 bridgehead atoms. The first-order chi connectivity index (χ1) is 17.6. The number of amides is 1. The van der Waals surface area contributed by atoms with Crippen LogP contribution < -0.4 is 10.1 Å². The van der Waals surface area contributed by atoms with Crippen LogP contribution in [0.1, 0.15) is 34.1 Å². The Labute approximate surface area is 210 Å². The predicted molar refractivity (Wildman–Crippen MR) is 143 cm³/mol. The molecule has 5 rings (SSSR count). The molecule has 0 saturated heterocycles. The largest absolute Gasteiger partial charge is 0.497 e. The lowest BCUT2D eigenvalue weighted by molar-refractivity contribution is 0.0952. The zero-order valence-corrected chi connectivity index (χ0v) is 20.7. The van der Waals surface area contributed by atoms with E-state index in [1.165, 1.54) is 5.56 Å². The third-order valence-electron chi connectivity index (χ3n) is 6.45. The zero-order chi connectivity index (χ0) is 25.1. The molecule has 0 spiro atoms. The Hall–Kier alpha value is -4.45. The van der Waals surface area contributed by atoms with Crippen molar-refractivity contribution in [3.63, 3.8) is 0 Å². The Morgan fingerprint density at radius 1 is 0.972 bits per heavy atom. The summed E-state index contributed by atoms with van der Waals surface area (Å²) in [5, 5.41) is 8.49. The summed E-state index contributed by atoms with van der Waals surface area (Å²) in [6.45, 7) is 4.58. The van der Waals surface area contributed by atoms with E-state index >= 15 is 0 Å². The van der Waals surface area contributed by atoms with Gasteiger partial charge in [0.05, 0.1) is 41.5 Å². The maximum Gasteiger partial charge on any atom is 0.252 e. The van der Waals surface area contributed by atoms with Gasteiger partial charge < -0.3 is 10.1 Å². The van der Waals surface area contributed by atoms with Crippen LogP contribution in [0.3, 0.4) is 0 Å². The highest BCUT2D eigenvalue weighted by atomic mass is 16.5. The van der Waals surface area contributed by atoms with Crippen LogP contribution in [-0.4, -0.2) is 27.8 Å². The fourth-order valence-corrected chi connectivity index (χ4v) is 4.32. The van der Waals surface area contributed by atoms with Crippen molar-refractivity contribution >= 4 is 16.8 Å². The molecule has 0 aliphatic carbocycles. The van der Waals surface area contributed by atoms with Gasteiger partial charge in [0.2, 0.25) is 0 Å². The van der Waals surface area contributed by atoms with E-state index in [2.05, 4.69) is 41.6 Å². The number of methoxy groups -OCH3 is 1. The molecule has 0 unspecified atom stereocenters. The van der Waals surface area contributed by atoms with Gasteiger partial charge in [-0.3, -0.25) is 4.79 Å². The standard InChI is InChI=1S/C30H28N4O2/c1-4-21-9-13-23(14-10-21)34-20(2)27(19-32-34)29-17-26(25-7-5-6-8-28(25)33-29)30(35)31-18-22-11-15-24(36-3)16-12-22/h5-17,19H,4,18H2,1-3H3,(H,31,35). The molecule has 0 aliphatic heterocycles. The number of benzene rings is 3. The quantitative estimate of drug-likeness (QED) is 0.318. The summed E-state index contributed by atoms with van der Waals surface area (Å²) >= 11 is 0. The van der Waals surface area contributed by atoms with Crippen LogP contribution in [0.4, 0.5) is 0 Å². The Kier molecular flexibility index (Phi) is 6.50. The van der Waals surface area contributed by atoms with Crippen molar-refractivity contribution in [1.82, 2.24) is 20.1 Å². The smallest absolute Gasteiger partial charge is 0.252 e. The van der Waals surface area contributed by atoms with Crippen LogP contribution >= 0.6 is 0 Å². The molecule has 6 heteroatoms. The maximum absolute atomic E-state index is 13.3. The van der Waals surface area contributed by atoms with Crippen LogP contribution in [0, 0.1) is 6.92 Å². The van der Waals surface area contributed by atoms with Gasteiger partial charge in [-0.1, -0.05) is 49.4 Å². The normalized spacial score (nSPS) is 11.0. The van der Waals surface area contributed by atoms with E-state index in [4.69, 9.17) is 9.72 Å². The molecular formula is C30H28N4O2. The maximum atomic E-state index is 13.3. The summed E-state index contributed by atoms with van der Waals surface area (Å²) in [6, 6.07) is 25.6. The summed E-state index contributed by atoms with van der Waals surface area (Å²) in [5.74, 6) is 0.637. The molecule has 0 saturated carbocycles. The number of carbonyl (C=O) groups excluding carboxylic acids is 1. The summed E-state index contributed by atoms with van der Waals surface area (Å²) in [4.78, 5) is 18.2. The van der Waals surface area contributed by atoms with E-state index in [9.17, 15) is 4.79 Å². The van der Waals surface area contributed by atoms with Crippen LogP contribution in [0.15, 0.2) is 85.1 Å². The third kappa shape index (κ3) is 4.58. The molecule has 180 valence electrons. The van der Waals surface area contributed by atoms with E-state index in [1.54, 1.807) is 7.11 Å². The molecular weight excluding hydrogens is 448 g/mol. The van der Waals surface area contributed by atoms with Gasteiger partial charge in [-0.15, -0.1) is 0 Å². The topological polar surface area (TPSA) is 69.0 Å². The van der Waals surface area contributed by atoms with Gasteiger partial charge >= 0.3 is 0 Å². The first-order valence-corrected chi connectivity index (χ1v) is 12.0. The Morgan fingerprint density at radius 2 is 1.69 bits per heavy atom. The highest BCUT2D eigenvalue weighted by Crippen LogP contribution is 2.28. The molecule has 2 heterocycles. The molecule has 2 aromatic heterocycles. The van der Waals surface area contributed by atoms with Crippen molar-refractivity contribution < 1.29 is 9.53 Å². The van der Waals surface area contributed by atoms with Crippen LogP contribution in [0.2, 0.25) is 0 Å². The summed E-state index contributed by atoms with van der Waals surface area (Å²) in [7, 11) is 1.64. The van der Waals surface area contributed by atoms with E-state index in [1.807, 2.05) is 72.4 Å². The molecule has 6 nitrogen and oxygen atoms in total. The third-order valence-corrected chi connectivity index (χ3v) is 6.45. The number of fused-ring (bicyclic) bond motifs is 1. The summed E-state index contributed by atoms with van der Waals surface area (Å²) < 4.78 is 7.13. The number of hydrogen-bond acceptors (Lipinski definition) is 4. The van der Waals surface area contributed by atoms with E-state index in [0.717, 1.165) is 51.3 Å². The van der Waals surface area contributed by atoms with Gasteiger partial charge in [0.25, 0.3) is 5.91 Å². The Balaban J connectivity index is 1.48. The van der Waals surface area contributed by atoms with Gasteiger partial charge in [-0.05, 0) is 60.9 Å². The first kappa shape index (κ1) is 23.3. The second kappa shape index (κ2) is 10.0. The minimum absolute atomic E-state index is 0.147. The Bertz CT molecular complexity index is 1520. The number of hydrogen-bond donors (Lipinski definition) is 1. The van der Waals surface area contributed by atoms with Crippen molar-refractivity contribution in [1.29, 1.82) is 0 Å². The number of ether oxygens (including phenoxy) is 1. The second-order valence-electron chi connectivity index (χ2n) is 8.68. The van der Waals surface area contributed by atoms with Crippen molar-refractivity contribution in [2.75, 3.05) is 7.11 Å². The minimum atomic E-state index is -0.147. The predicted octanol–water partition coefficient (Wildman–Crippen LogP) is 5.90. The summed E-state index contributed by atoms with van der Waals surface area (Å²) in [6.07, 6.45) is 2.81. The second-order valence-corrected chi connectivity index (χ2v) is 8.68. The lowest BCUT2D eigenvalue weighted by Crippen LogP contribution is -2.23. The average Bonchev–Trinajstić information content (AvgIpc) is 3.32. The molecule has 5 aromatic rings. The first-order valence-electron chi connectivity index (χ1n) is 12.0. The molecule has 1 N–H and O–H groups in total. The summed E-state index contributed by atoms with van der Waals surface area (Å²) in [5.41, 5.74) is 7.20. The highest BCUT2D eigenvalue weighted by molar-refractivity contribution is 6.07. The lowest BCUT2D eigenvalue weighted by Gasteiger charge is -2.11. The van der Waals surface area contributed by atoms with Crippen LogP contribution in [0.25, 0.3) is 27.8 Å². The van der Waals surface area contributed by atoms with E-state index in [0.29, 0.717) is 12.1 Å². The number of aryl methyl sites for hydroxylation is 1. The number of pyridine rings is 1. The van der Waals surface area contributed by atoms with Crippen molar-refractivity contribution in [3.8, 4) is 22.7 Å². The number of aromatic nitrogens is 3. The number of carbonyl (C=O) groups is 1. The van der Waals surface area contributed by atoms with Crippen molar-refractivity contribution in [2.45, 2.75) is 26.8 Å². The zero-order valence-electron chi connectivity index (χ0n) is 20.7. The number of rotatable bonds is 7. The Morgan fingerprint density at radius 3 is 2.42 bits per heavy atom. The van der Waals surface area contributed by atoms with Gasteiger partial charge in [0.1, 0.15) is 5.75 Å². The van der Waals surface area contributed by atoms with Gasteiger partial charge in [0.15, 0.2) is 0 Å². The highest BCUT2D eigenvalue weighted by Gasteiger charge is 2.17. The van der Waals surface area contributed by atoms with E-state index < -0.39 is 0 Å². The average molecular weight is 477 g/mol. The molecule has 0 atom stereocenters. The fourth-order valence-electron chi connectivity index (χ4n) is 4.32. The molecule has 0 radical (unpaired) electrons. The van der Waals surface area contributed by atoms with Crippen LogP contribution in [0.5, 0.6) is 5.75 Å². The van der Waals surface area contributed by atoms with Gasteiger partial charge in [0, 0.05) is 17.5 Å². The molecule has 1 amide bonds.